The van der Waals surface area contributed by atoms with E-state index in [-0.39, 0.29) is 5.13 Å². The summed E-state index contributed by atoms with van der Waals surface area (Å²) in [5.41, 5.74) is 6.72. The molecular weight excluding hydrogens is 469 g/mol. The van der Waals surface area contributed by atoms with Crippen LogP contribution in [-0.4, -0.2) is 30.9 Å². The first-order chi connectivity index (χ1) is 13.4. The van der Waals surface area contributed by atoms with E-state index in [2.05, 4.69) is 35.3 Å². The molecule has 1 aliphatic rings. The lowest BCUT2D eigenvalue weighted by molar-refractivity contribution is 0.447. The van der Waals surface area contributed by atoms with Crippen LogP contribution in [0.2, 0.25) is 0 Å². The van der Waals surface area contributed by atoms with Crippen molar-refractivity contribution in [1.82, 2.24) is 9.36 Å². The summed E-state index contributed by atoms with van der Waals surface area (Å²) >= 11 is 4.19. The van der Waals surface area contributed by atoms with Gasteiger partial charge in [0.25, 0.3) is 10.0 Å². The van der Waals surface area contributed by atoms with E-state index in [0.717, 1.165) is 37.3 Å². The number of anilines is 2. The van der Waals surface area contributed by atoms with Crippen LogP contribution >= 0.6 is 27.5 Å². The van der Waals surface area contributed by atoms with Crippen LogP contribution in [0.25, 0.3) is 0 Å². The molecule has 3 rings (SSSR count). The minimum Gasteiger partial charge on any atom is -0.384 e. The van der Waals surface area contributed by atoms with Crippen LogP contribution in [0.5, 0.6) is 0 Å². The highest BCUT2D eigenvalue weighted by molar-refractivity contribution is 9.10. The molecule has 0 atom stereocenters. The quantitative estimate of drug-likeness (QED) is 0.410. The van der Waals surface area contributed by atoms with Gasteiger partial charge in [-0.05, 0) is 65.7 Å². The van der Waals surface area contributed by atoms with Crippen LogP contribution in [0, 0.1) is 11.2 Å². The molecule has 7 nitrogen and oxygen atoms in total. The van der Waals surface area contributed by atoms with Crippen molar-refractivity contribution in [2.45, 2.75) is 43.4 Å². The standard InChI is InChI=1S/C17H23BrFN5O2S2/c18-12-8-15(28(25,26)24-16-22-11-23-27-16)13(19)9-14(12)21-7-3-1-2-4-17(10-20)5-6-17/h8-9,11,21H,1-7,10,20H2,(H,22,23,24). The molecule has 28 heavy (non-hydrogen) atoms. The monoisotopic (exact) mass is 491 g/mol. The van der Waals surface area contributed by atoms with E-state index in [1.807, 2.05) is 0 Å². The molecule has 1 saturated carbocycles. The molecule has 0 amide bonds. The molecule has 0 saturated heterocycles. The maximum Gasteiger partial charge on any atom is 0.266 e. The van der Waals surface area contributed by atoms with Gasteiger partial charge in [-0.1, -0.05) is 12.8 Å². The van der Waals surface area contributed by atoms with E-state index in [0.29, 0.717) is 22.1 Å². The molecule has 1 aromatic carbocycles. The Morgan fingerprint density at radius 2 is 2.07 bits per heavy atom. The molecule has 1 aromatic heterocycles. The molecule has 0 unspecified atom stereocenters. The van der Waals surface area contributed by atoms with Gasteiger partial charge in [0.2, 0.25) is 5.13 Å². The molecule has 0 aliphatic heterocycles. The fraction of sp³-hybridized carbons (Fsp3) is 0.529. The van der Waals surface area contributed by atoms with Crippen molar-refractivity contribution in [2.75, 3.05) is 23.1 Å². The minimum atomic E-state index is -4.08. The van der Waals surface area contributed by atoms with Gasteiger partial charge < -0.3 is 11.1 Å². The Kier molecular flexibility index (Phi) is 6.89. The SMILES string of the molecule is NCC1(CCCCCNc2cc(F)c(S(=O)(=O)Nc3ncns3)cc2Br)CC1. The zero-order valence-corrected chi connectivity index (χ0v) is 18.5. The summed E-state index contributed by atoms with van der Waals surface area (Å²) in [5, 5.41) is 3.24. The number of unbranched alkanes of at least 4 members (excludes halogenated alkanes) is 2. The molecule has 2 aromatic rings. The molecule has 1 fully saturated rings. The first-order valence-corrected chi connectivity index (χ1v) is 12.1. The van der Waals surface area contributed by atoms with Crippen molar-refractivity contribution in [1.29, 1.82) is 0 Å². The van der Waals surface area contributed by atoms with Gasteiger partial charge in [-0.2, -0.15) is 4.37 Å². The number of halogens is 2. The van der Waals surface area contributed by atoms with Gasteiger partial charge in [0.1, 0.15) is 17.0 Å². The third-order valence-electron chi connectivity index (χ3n) is 4.98. The third kappa shape index (κ3) is 5.40. The van der Waals surface area contributed by atoms with Gasteiger partial charge in [-0.3, -0.25) is 4.72 Å². The molecule has 4 N–H and O–H groups in total. The van der Waals surface area contributed by atoms with Crippen LogP contribution in [0.4, 0.5) is 15.2 Å². The largest absolute Gasteiger partial charge is 0.384 e. The first-order valence-electron chi connectivity index (χ1n) is 9.08. The highest BCUT2D eigenvalue weighted by Gasteiger charge is 2.39. The predicted octanol–water partition coefficient (Wildman–Crippen LogP) is 3.95. The van der Waals surface area contributed by atoms with Gasteiger partial charge in [-0.25, -0.2) is 17.8 Å². The molecular formula is C17H23BrFN5O2S2. The summed E-state index contributed by atoms with van der Waals surface area (Å²) in [7, 11) is -4.08. The van der Waals surface area contributed by atoms with Crippen molar-refractivity contribution in [3.05, 3.63) is 28.7 Å². The second-order valence-corrected chi connectivity index (χ2v) is 10.3. The van der Waals surface area contributed by atoms with E-state index in [9.17, 15) is 12.8 Å². The summed E-state index contributed by atoms with van der Waals surface area (Å²) in [6, 6.07) is 2.44. The number of hydrogen-bond acceptors (Lipinski definition) is 7. The molecule has 1 aliphatic carbocycles. The Morgan fingerprint density at radius 3 is 2.71 bits per heavy atom. The highest BCUT2D eigenvalue weighted by Crippen LogP contribution is 2.48. The van der Waals surface area contributed by atoms with Crippen molar-refractivity contribution in [3.63, 3.8) is 0 Å². The Balaban J connectivity index is 1.53. The molecule has 1 heterocycles. The highest BCUT2D eigenvalue weighted by atomic mass is 79.9. The van der Waals surface area contributed by atoms with E-state index in [1.165, 1.54) is 37.7 Å². The van der Waals surface area contributed by atoms with Crippen molar-refractivity contribution >= 4 is 48.3 Å². The maximum atomic E-state index is 14.4. The van der Waals surface area contributed by atoms with Crippen molar-refractivity contribution in [2.24, 2.45) is 11.1 Å². The van der Waals surface area contributed by atoms with Crippen molar-refractivity contribution < 1.29 is 12.8 Å². The minimum absolute atomic E-state index is 0.0836. The number of nitrogens with zero attached hydrogens (tertiary/aromatic N) is 2. The summed E-state index contributed by atoms with van der Waals surface area (Å²) in [4.78, 5) is 3.30. The molecule has 11 heteroatoms. The van der Waals surface area contributed by atoms with E-state index >= 15 is 0 Å². The normalized spacial score (nSPS) is 15.4. The Hall–Kier alpha value is -1.30. The summed E-state index contributed by atoms with van der Waals surface area (Å²) in [6.45, 7) is 1.46. The number of nitrogens with one attached hydrogen (secondary N) is 2. The van der Waals surface area contributed by atoms with Gasteiger partial charge >= 0.3 is 0 Å². The van der Waals surface area contributed by atoms with Crippen LogP contribution in [0.3, 0.4) is 0 Å². The third-order valence-corrected chi connectivity index (χ3v) is 7.70. The van der Waals surface area contributed by atoms with E-state index in [1.54, 1.807) is 0 Å². The number of benzene rings is 1. The lowest BCUT2D eigenvalue weighted by Crippen LogP contribution is -2.15. The Bertz CT molecular complexity index is 905. The zero-order valence-electron chi connectivity index (χ0n) is 15.2. The second-order valence-electron chi connectivity index (χ2n) is 7.06. The molecule has 0 bridgehead atoms. The summed E-state index contributed by atoms with van der Waals surface area (Å²) in [6.07, 6.45) is 8.07. The molecule has 0 radical (unpaired) electrons. The van der Waals surface area contributed by atoms with Crippen molar-refractivity contribution in [3.8, 4) is 0 Å². The number of rotatable bonds is 11. The Morgan fingerprint density at radius 1 is 1.29 bits per heavy atom. The molecule has 0 spiro atoms. The maximum absolute atomic E-state index is 14.4. The van der Waals surface area contributed by atoms with Crippen LogP contribution in [0.15, 0.2) is 27.8 Å². The first kappa shape index (κ1) is 21.4. The lowest BCUT2D eigenvalue weighted by Gasteiger charge is -2.13. The van der Waals surface area contributed by atoms with Crippen LogP contribution < -0.4 is 15.8 Å². The number of nitrogens with two attached hydrogens (primary N) is 1. The summed E-state index contributed by atoms with van der Waals surface area (Å²) in [5.74, 6) is -0.832. The van der Waals surface area contributed by atoms with Crippen LogP contribution in [0.1, 0.15) is 38.5 Å². The lowest BCUT2D eigenvalue weighted by atomic mass is 9.99. The predicted molar refractivity (Wildman–Crippen MR) is 112 cm³/mol. The average Bonchev–Trinajstić information content (AvgIpc) is 3.26. The van der Waals surface area contributed by atoms with Gasteiger partial charge in [-0.15, -0.1) is 0 Å². The topological polar surface area (TPSA) is 110 Å². The number of sulfonamides is 1. The average molecular weight is 492 g/mol. The summed E-state index contributed by atoms with van der Waals surface area (Å²) < 4.78 is 45.6. The number of hydrogen-bond donors (Lipinski definition) is 3. The zero-order chi connectivity index (χ0) is 20.2. The van der Waals surface area contributed by atoms with Gasteiger partial charge in [0, 0.05) is 22.5 Å². The van der Waals surface area contributed by atoms with Crippen LogP contribution in [-0.2, 0) is 10.0 Å². The fourth-order valence-corrected chi connectivity index (χ4v) is 5.40. The van der Waals surface area contributed by atoms with Gasteiger partial charge in [0.15, 0.2) is 0 Å². The smallest absolute Gasteiger partial charge is 0.266 e. The van der Waals surface area contributed by atoms with E-state index < -0.39 is 20.7 Å². The van der Waals surface area contributed by atoms with E-state index in [4.69, 9.17) is 5.73 Å². The molecule has 154 valence electrons. The Labute approximate surface area is 176 Å². The second kappa shape index (κ2) is 9.02. The fourth-order valence-electron chi connectivity index (χ4n) is 3.02. The number of aromatic nitrogens is 2. The van der Waals surface area contributed by atoms with Gasteiger partial charge in [0.05, 0.1) is 5.69 Å².